The molecule has 6 heteroatoms. The zero-order valence-electron chi connectivity index (χ0n) is 15.1. The minimum atomic E-state index is -0.884. The van der Waals surface area contributed by atoms with Gasteiger partial charge in [0.2, 0.25) is 11.8 Å². The van der Waals surface area contributed by atoms with Crippen LogP contribution in [0.1, 0.15) is 19.8 Å². The Hall–Kier alpha value is -2.47. The molecule has 2 heterocycles. The van der Waals surface area contributed by atoms with E-state index in [0.29, 0.717) is 31.6 Å². The van der Waals surface area contributed by atoms with Crippen LogP contribution in [0.2, 0.25) is 0 Å². The smallest absolute Gasteiger partial charge is 0.240 e. The molecule has 1 saturated carbocycles. The minimum absolute atomic E-state index is 0.0149. The third-order valence-electron chi connectivity index (χ3n) is 5.58. The summed E-state index contributed by atoms with van der Waals surface area (Å²) >= 11 is 0. The fourth-order valence-electron chi connectivity index (χ4n) is 3.68. The number of benzene rings is 1. The van der Waals surface area contributed by atoms with Gasteiger partial charge in [0.1, 0.15) is 5.41 Å². The van der Waals surface area contributed by atoms with Crippen molar-refractivity contribution in [1.82, 2.24) is 14.8 Å². The van der Waals surface area contributed by atoms with Crippen LogP contribution in [0.4, 0.5) is 5.69 Å². The number of hydrogen-bond acceptors (Lipinski definition) is 4. The van der Waals surface area contributed by atoms with Gasteiger partial charge in [-0.2, -0.15) is 0 Å². The van der Waals surface area contributed by atoms with Crippen molar-refractivity contribution in [2.45, 2.75) is 19.8 Å². The summed E-state index contributed by atoms with van der Waals surface area (Å²) in [6.45, 7) is 6.31. The molecule has 1 aromatic carbocycles. The number of fused-ring (bicyclic) bond motifs is 1. The predicted octanol–water partition coefficient (Wildman–Crippen LogP) is 2.12. The highest BCUT2D eigenvalue weighted by atomic mass is 16.2. The molecule has 1 aliphatic carbocycles. The maximum Gasteiger partial charge on any atom is 0.240 e. The van der Waals surface area contributed by atoms with Crippen LogP contribution in [0.25, 0.3) is 10.9 Å². The fourth-order valence-corrected chi connectivity index (χ4v) is 3.68. The van der Waals surface area contributed by atoms with E-state index in [1.54, 1.807) is 6.20 Å². The van der Waals surface area contributed by atoms with Crippen molar-refractivity contribution in [2.75, 3.05) is 38.0 Å². The van der Waals surface area contributed by atoms with Gasteiger partial charge in [0.15, 0.2) is 0 Å². The summed E-state index contributed by atoms with van der Waals surface area (Å²) in [5.41, 5.74) is 0.539. The van der Waals surface area contributed by atoms with Gasteiger partial charge in [0.25, 0.3) is 0 Å². The Morgan fingerprint density at radius 1 is 1.12 bits per heavy atom. The maximum atomic E-state index is 13.0. The average molecular weight is 352 g/mol. The van der Waals surface area contributed by atoms with Crippen LogP contribution in [-0.4, -0.2) is 59.3 Å². The zero-order valence-corrected chi connectivity index (χ0v) is 15.1. The number of para-hydroxylation sites is 1. The molecule has 136 valence electrons. The highest BCUT2D eigenvalue weighted by molar-refractivity contribution is 6.14. The lowest BCUT2D eigenvalue weighted by Crippen LogP contribution is -2.52. The number of piperazine rings is 1. The molecule has 1 saturated heterocycles. The van der Waals surface area contributed by atoms with Crippen molar-refractivity contribution < 1.29 is 9.59 Å². The van der Waals surface area contributed by atoms with E-state index >= 15 is 0 Å². The highest BCUT2D eigenvalue weighted by Crippen LogP contribution is 2.48. The number of hydrogen-bond donors (Lipinski definition) is 1. The molecule has 4 rings (SSSR count). The lowest BCUT2D eigenvalue weighted by atomic mass is 10.0. The summed E-state index contributed by atoms with van der Waals surface area (Å²) in [6, 6.07) is 9.53. The molecule has 2 aromatic rings. The molecule has 6 nitrogen and oxygen atoms in total. The second kappa shape index (κ2) is 6.68. The van der Waals surface area contributed by atoms with E-state index < -0.39 is 5.41 Å². The number of likely N-dealkylation sites (N-methyl/N-ethyl adjacent to an activating group) is 1. The molecular formula is C20H24N4O2. The standard InChI is InChI=1S/C20H24N4O2/c1-2-23-11-13-24(14-12-23)19(26)20(8-9-20)18(25)22-16-7-3-5-15-6-4-10-21-17(15)16/h3-7,10H,2,8-9,11-14H2,1H3,(H,22,25). The molecule has 1 aromatic heterocycles. The van der Waals surface area contributed by atoms with Gasteiger partial charge in [-0.3, -0.25) is 14.6 Å². The third kappa shape index (κ3) is 2.94. The number of carbonyl (C=O) groups is 2. The van der Waals surface area contributed by atoms with Gasteiger partial charge in [-0.25, -0.2) is 0 Å². The molecule has 1 aliphatic heterocycles. The summed E-state index contributed by atoms with van der Waals surface area (Å²) in [4.78, 5) is 34.5. The Balaban J connectivity index is 1.50. The summed E-state index contributed by atoms with van der Waals surface area (Å²) < 4.78 is 0. The van der Waals surface area contributed by atoms with E-state index in [1.807, 2.05) is 35.2 Å². The molecule has 0 radical (unpaired) electrons. The van der Waals surface area contributed by atoms with Crippen molar-refractivity contribution in [3.05, 3.63) is 36.5 Å². The van der Waals surface area contributed by atoms with Gasteiger partial charge in [0, 0.05) is 37.8 Å². The Morgan fingerprint density at radius 3 is 2.54 bits per heavy atom. The number of carbonyl (C=O) groups excluding carboxylic acids is 2. The Morgan fingerprint density at radius 2 is 1.85 bits per heavy atom. The first kappa shape index (κ1) is 17.0. The second-order valence-electron chi connectivity index (χ2n) is 7.14. The normalized spacial score (nSPS) is 19.3. The number of nitrogens with zero attached hydrogens (tertiary/aromatic N) is 3. The Bertz CT molecular complexity index is 833. The first-order valence-electron chi connectivity index (χ1n) is 9.31. The number of nitrogens with one attached hydrogen (secondary N) is 1. The molecule has 0 unspecified atom stereocenters. The molecule has 26 heavy (non-hydrogen) atoms. The van der Waals surface area contributed by atoms with E-state index in [2.05, 4.69) is 22.1 Å². The van der Waals surface area contributed by atoms with Crippen LogP contribution in [0, 0.1) is 5.41 Å². The first-order chi connectivity index (χ1) is 12.6. The van der Waals surface area contributed by atoms with E-state index in [4.69, 9.17) is 0 Å². The van der Waals surface area contributed by atoms with E-state index in [-0.39, 0.29) is 11.8 Å². The van der Waals surface area contributed by atoms with Crippen molar-refractivity contribution >= 4 is 28.4 Å². The van der Waals surface area contributed by atoms with E-state index in [0.717, 1.165) is 30.5 Å². The monoisotopic (exact) mass is 352 g/mol. The van der Waals surface area contributed by atoms with Gasteiger partial charge in [-0.15, -0.1) is 0 Å². The number of aromatic nitrogens is 1. The molecule has 0 bridgehead atoms. The van der Waals surface area contributed by atoms with Crippen LogP contribution >= 0.6 is 0 Å². The lowest BCUT2D eigenvalue weighted by molar-refractivity contribution is -0.143. The average Bonchev–Trinajstić information content (AvgIpc) is 3.50. The van der Waals surface area contributed by atoms with Gasteiger partial charge >= 0.3 is 0 Å². The van der Waals surface area contributed by atoms with Crippen molar-refractivity contribution in [2.24, 2.45) is 5.41 Å². The first-order valence-corrected chi connectivity index (χ1v) is 9.31. The molecular weight excluding hydrogens is 328 g/mol. The predicted molar refractivity (Wildman–Crippen MR) is 101 cm³/mol. The fraction of sp³-hybridized carbons (Fsp3) is 0.450. The quantitative estimate of drug-likeness (QED) is 0.856. The number of anilines is 1. The van der Waals surface area contributed by atoms with Gasteiger partial charge in [0.05, 0.1) is 11.2 Å². The Labute approximate surface area is 153 Å². The van der Waals surface area contributed by atoms with Crippen molar-refractivity contribution in [1.29, 1.82) is 0 Å². The topological polar surface area (TPSA) is 65.5 Å². The summed E-state index contributed by atoms with van der Waals surface area (Å²) in [5, 5.41) is 3.94. The van der Waals surface area contributed by atoms with Crippen molar-refractivity contribution in [3.63, 3.8) is 0 Å². The molecule has 1 N–H and O–H groups in total. The van der Waals surface area contributed by atoms with Crippen LogP contribution < -0.4 is 5.32 Å². The number of rotatable bonds is 4. The van der Waals surface area contributed by atoms with Gasteiger partial charge in [-0.1, -0.05) is 25.1 Å². The SMILES string of the molecule is CCN1CCN(C(=O)C2(C(=O)Nc3cccc4cccnc34)CC2)CC1. The molecule has 0 spiro atoms. The second-order valence-corrected chi connectivity index (χ2v) is 7.14. The summed E-state index contributed by atoms with van der Waals surface area (Å²) in [6.07, 6.45) is 2.97. The maximum absolute atomic E-state index is 13.0. The highest BCUT2D eigenvalue weighted by Gasteiger charge is 2.58. The lowest BCUT2D eigenvalue weighted by Gasteiger charge is -2.35. The van der Waals surface area contributed by atoms with E-state index in [1.165, 1.54) is 0 Å². The van der Waals surface area contributed by atoms with Crippen LogP contribution in [0.3, 0.4) is 0 Å². The number of amides is 2. The van der Waals surface area contributed by atoms with E-state index in [9.17, 15) is 9.59 Å². The molecule has 2 aliphatic rings. The van der Waals surface area contributed by atoms with Gasteiger partial charge in [-0.05, 0) is 31.5 Å². The largest absolute Gasteiger partial charge is 0.339 e. The van der Waals surface area contributed by atoms with Crippen molar-refractivity contribution in [3.8, 4) is 0 Å². The number of pyridine rings is 1. The van der Waals surface area contributed by atoms with Crippen LogP contribution in [0.5, 0.6) is 0 Å². The Kier molecular flexibility index (Phi) is 4.36. The third-order valence-corrected chi connectivity index (χ3v) is 5.58. The van der Waals surface area contributed by atoms with Crippen LogP contribution in [-0.2, 0) is 9.59 Å². The van der Waals surface area contributed by atoms with Gasteiger partial charge < -0.3 is 15.1 Å². The molecule has 2 fully saturated rings. The summed E-state index contributed by atoms with van der Waals surface area (Å²) in [5.74, 6) is -0.211. The zero-order chi connectivity index (χ0) is 18.1. The molecule has 2 amide bonds. The van der Waals surface area contributed by atoms with Crippen LogP contribution in [0.15, 0.2) is 36.5 Å². The minimum Gasteiger partial charge on any atom is -0.339 e. The summed E-state index contributed by atoms with van der Waals surface area (Å²) in [7, 11) is 0. The molecule has 0 atom stereocenters.